The number of carboxylic acid groups (broad SMARTS) is 1. The lowest BCUT2D eigenvalue weighted by molar-refractivity contribution is -0.140. The van der Waals surface area contributed by atoms with Crippen LogP contribution in [-0.2, 0) is 9.59 Å². The highest BCUT2D eigenvalue weighted by molar-refractivity contribution is 7.99. The highest BCUT2D eigenvalue weighted by Crippen LogP contribution is 2.07. The number of nitrogens with zero attached hydrogens (tertiary/aromatic N) is 2. The van der Waals surface area contributed by atoms with Gasteiger partial charge in [0.05, 0.1) is 0 Å². The van der Waals surface area contributed by atoms with Crippen molar-refractivity contribution < 1.29 is 14.7 Å². The van der Waals surface area contributed by atoms with Gasteiger partial charge in [0.25, 0.3) is 0 Å². The molecule has 0 aromatic carbocycles. The fourth-order valence-corrected chi connectivity index (χ4v) is 2.92. The number of likely N-dealkylation sites (N-methyl/N-ethyl adjacent to an activating group) is 1. The molecule has 0 saturated carbocycles. The van der Waals surface area contributed by atoms with Crippen molar-refractivity contribution in [2.45, 2.75) is 12.5 Å². The second-order valence-electron chi connectivity index (χ2n) is 4.72. The maximum atomic E-state index is 10.8. The lowest BCUT2D eigenvalue weighted by Gasteiger charge is -2.32. The number of hydrogen-bond donors (Lipinski definition) is 2. The summed E-state index contributed by atoms with van der Waals surface area (Å²) in [7, 11) is 2.14. The summed E-state index contributed by atoms with van der Waals surface area (Å²) in [5.41, 5.74) is 0. The molecule has 1 rings (SSSR count). The molecule has 110 valence electrons. The summed E-state index contributed by atoms with van der Waals surface area (Å²) in [4.78, 5) is 25.8. The maximum absolute atomic E-state index is 10.8. The van der Waals surface area contributed by atoms with E-state index in [-0.39, 0.29) is 0 Å². The molecule has 7 heteroatoms. The highest BCUT2D eigenvalue weighted by Gasteiger charge is 2.16. The Balaban J connectivity index is 2.04. The number of nitrogens with one attached hydrogen (secondary N) is 1. The second-order valence-corrected chi connectivity index (χ2v) is 5.95. The Kier molecular flexibility index (Phi) is 7.85. The summed E-state index contributed by atoms with van der Waals surface area (Å²) in [5.74, 6) is 0.801. The van der Waals surface area contributed by atoms with Gasteiger partial charge in [0.2, 0.25) is 6.41 Å². The van der Waals surface area contributed by atoms with E-state index in [9.17, 15) is 9.59 Å². The molecule has 1 aliphatic heterocycles. The minimum atomic E-state index is -0.966. The molecular weight excluding hydrogens is 266 g/mol. The predicted molar refractivity (Wildman–Crippen MR) is 76.5 cm³/mol. The van der Waals surface area contributed by atoms with Crippen LogP contribution in [0.1, 0.15) is 6.42 Å². The summed E-state index contributed by atoms with van der Waals surface area (Å²) in [6, 6.07) is -0.756. The number of piperazine rings is 1. The number of hydrogen-bond acceptors (Lipinski definition) is 5. The lowest BCUT2D eigenvalue weighted by Crippen LogP contribution is -2.45. The molecule has 1 saturated heterocycles. The monoisotopic (exact) mass is 289 g/mol. The van der Waals surface area contributed by atoms with Crippen molar-refractivity contribution in [3.8, 4) is 0 Å². The van der Waals surface area contributed by atoms with Crippen molar-refractivity contribution in [3.05, 3.63) is 0 Å². The summed E-state index contributed by atoms with van der Waals surface area (Å²) in [6.07, 6.45) is 0.926. The van der Waals surface area contributed by atoms with E-state index in [1.807, 2.05) is 0 Å². The van der Waals surface area contributed by atoms with E-state index in [0.29, 0.717) is 12.8 Å². The maximum Gasteiger partial charge on any atom is 0.326 e. The minimum Gasteiger partial charge on any atom is -0.480 e. The van der Waals surface area contributed by atoms with E-state index in [0.717, 1.165) is 44.2 Å². The van der Waals surface area contributed by atoms with Crippen LogP contribution in [-0.4, -0.2) is 84.6 Å². The van der Waals surface area contributed by atoms with Crippen LogP contribution in [0.25, 0.3) is 0 Å². The average molecular weight is 289 g/mol. The fourth-order valence-electron chi connectivity index (χ4n) is 1.93. The summed E-state index contributed by atoms with van der Waals surface area (Å²) >= 11 is 1.74. The first-order valence-corrected chi connectivity index (χ1v) is 7.70. The molecular formula is C12H23N3O3S. The van der Waals surface area contributed by atoms with Gasteiger partial charge in [0, 0.05) is 38.5 Å². The van der Waals surface area contributed by atoms with Crippen LogP contribution in [0.4, 0.5) is 0 Å². The molecule has 0 spiro atoms. The van der Waals surface area contributed by atoms with E-state index < -0.39 is 12.0 Å². The molecule has 19 heavy (non-hydrogen) atoms. The van der Waals surface area contributed by atoms with Crippen molar-refractivity contribution in [1.82, 2.24) is 15.1 Å². The van der Waals surface area contributed by atoms with Crippen molar-refractivity contribution >= 4 is 24.1 Å². The third-order valence-corrected chi connectivity index (χ3v) is 4.26. The number of thioether (sulfide) groups is 1. The van der Waals surface area contributed by atoms with Crippen molar-refractivity contribution in [3.63, 3.8) is 0 Å². The zero-order chi connectivity index (χ0) is 14.1. The third kappa shape index (κ3) is 6.79. The summed E-state index contributed by atoms with van der Waals surface area (Å²) in [6.45, 7) is 5.52. The first-order valence-electron chi connectivity index (χ1n) is 6.54. The van der Waals surface area contributed by atoms with Gasteiger partial charge in [-0.2, -0.15) is 11.8 Å². The smallest absolute Gasteiger partial charge is 0.326 e. The normalized spacial score (nSPS) is 19.0. The van der Waals surface area contributed by atoms with E-state index in [1.165, 1.54) is 0 Å². The molecule has 1 heterocycles. The Morgan fingerprint density at radius 1 is 1.37 bits per heavy atom. The number of carbonyl (C=O) groups excluding carboxylic acids is 1. The van der Waals surface area contributed by atoms with Crippen LogP contribution >= 0.6 is 11.8 Å². The Hall–Kier alpha value is -0.790. The van der Waals surface area contributed by atoms with Gasteiger partial charge in [-0.25, -0.2) is 4.79 Å². The molecule has 1 amide bonds. The van der Waals surface area contributed by atoms with Gasteiger partial charge in [-0.05, 0) is 19.2 Å². The Labute approximate surface area is 118 Å². The molecule has 0 aromatic heterocycles. The van der Waals surface area contributed by atoms with Crippen LogP contribution < -0.4 is 5.32 Å². The first kappa shape index (κ1) is 16.3. The predicted octanol–water partition coefficient (Wildman–Crippen LogP) is -0.444. The van der Waals surface area contributed by atoms with E-state index in [4.69, 9.17) is 5.11 Å². The van der Waals surface area contributed by atoms with E-state index >= 15 is 0 Å². The van der Waals surface area contributed by atoms with E-state index in [1.54, 1.807) is 11.8 Å². The molecule has 1 atom stereocenters. The number of carboxylic acids is 1. The molecule has 1 fully saturated rings. The van der Waals surface area contributed by atoms with Gasteiger partial charge in [-0.1, -0.05) is 0 Å². The van der Waals surface area contributed by atoms with Gasteiger partial charge in [0.1, 0.15) is 6.04 Å². The summed E-state index contributed by atoms with van der Waals surface area (Å²) in [5, 5.41) is 11.2. The topological polar surface area (TPSA) is 72.9 Å². The molecule has 2 N–H and O–H groups in total. The van der Waals surface area contributed by atoms with Gasteiger partial charge in [-0.3, -0.25) is 9.69 Å². The van der Waals surface area contributed by atoms with Crippen LogP contribution in [0, 0.1) is 0 Å². The molecule has 0 radical (unpaired) electrons. The standard InChI is InChI=1S/C12H23N3O3S/c1-14-3-5-15(6-4-14)7-9-19-8-2-11(12(17)18)13-10-16/h10-11H,2-9H2,1H3,(H,13,16)(H,17,18). The third-order valence-electron chi connectivity index (χ3n) is 3.27. The van der Waals surface area contributed by atoms with Crippen LogP contribution in [0.5, 0.6) is 0 Å². The number of rotatable bonds is 9. The van der Waals surface area contributed by atoms with Gasteiger partial charge in [-0.15, -0.1) is 0 Å². The molecule has 0 aliphatic carbocycles. The van der Waals surface area contributed by atoms with E-state index in [2.05, 4.69) is 22.2 Å². The molecule has 0 aromatic rings. The second kappa shape index (κ2) is 9.17. The molecule has 0 bridgehead atoms. The Morgan fingerprint density at radius 3 is 2.63 bits per heavy atom. The summed E-state index contributed by atoms with van der Waals surface area (Å²) < 4.78 is 0. The Morgan fingerprint density at radius 2 is 2.05 bits per heavy atom. The Bertz CT molecular complexity index is 283. The van der Waals surface area contributed by atoms with Crippen LogP contribution in [0.2, 0.25) is 0 Å². The van der Waals surface area contributed by atoms with Crippen LogP contribution in [0.3, 0.4) is 0 Å². The van der Waals surface area contributed by atoms with Gasteiger partial charge >= 0.3 is 5.97 Å². The molecule has 1 unspecified atom stereocenters. The minimum absolute atomic E-state index is 0.452. The average Bonchev–Trinajstić information content (AvgIpc) is 2.39. The quantitative estimate of drug-likeness (QED) is 0.443. The van der Waals surface area contributed by atoms with Gasteiger partial charge in [0.15, 0.2) is 0 Å². The van der Waals surface area contributed by atoms with Crippen molar-refractivity contribution in [2.24, 2.45) is 0 Å². The SMILES string of the molecule is CN1CCN(CCSCCC(NC=O)C(=O)O)CC1. The van der Waals surface area contributed by atoms with Crippen LogP contribution in [0.15, 0.2) is 0 Å². The first-order chi connectivity index (χ1) is 9.13. The van der Waals surface area contributed by atoms with Crippen molar-refractivity contribution in [1.29, 1.82) is 0 Å². The number of aliphatic carboxylic acids is 1. The zero-order valence-corrected chi connectivity index (χ0v) is 12.2. The number of amides is 1. The van der Waals surface area contributed by atoms with Gasteiger partial charge < -0.3 is 15.3 Å². The fraction of sp³-hybridized carbons (Fsp3) is 0.833. The largest absolute Gasteiger partial charge is 0.480 e. The highest BCUT2D eigenvalue weighted by atomic mass is 32.2. The molecule has 1 aliphatic rings. The lowest BCUT2D eigenvalue weighted by atomic mass is 10.2. The zero-order valence-electron chi connectivity index (χ0n) is 11.4. The number of carbonyl (C=O) groups is 2. The van der Waals surface area contributed by atoms with Crippen molar-refractivity contribution in [2.75, 3.05) is 51.3 Å². The molecule has 6 nitrogen and oxygen atoms in total.